The third kappa shape index (κ3) is 2.60. The number of aromatic amines is 1. The fraction of sp³-hybridized carbons (Fsp3) is 0.400. The molecule has 5 heteroatoms. The molecule has 0 spiro atoms. The lowest BCUT2D eigenvalue weighted by Gasteiger charge is -2.33. The Morgan fingerprint density at radius 3 is 2.70 bits per heavy atom. The summed E-state index contributed by atoms with van der Waals surface area (Å²) in [6.07, 6.45) is 0. The molecule has 4 nitrogen and oxygen atoms in total. The number of H-pyrrole nitrogens is 1. The van der Waals surface area contributed by atoms with Crippen LogP contribution in [0.15, 0.2) is 28.7 Å². The number of piperazine rings is 1. The fourth-order valence-electron chi connectivity index (χ4n) is 2.65. The Morgan fingerprint density at radius 2 is 2.00 bits per heavy atom. The summed E-state index contributed by atoms with van der Waals surface area (Å²) >= 11 is 3.45. The molecule has 1 aromatic carbocycles. The van der Waals surface area contributed by atoms with Gasteiger partial charge in [-0.25, -0.2) is 0 Å². The van der Waals surface area contributed by atoms with Crippen LogP contribution in [0.3, 0.4) is 0 Å². The highest BCUT2D eigenvalue weighted by atomic mass is 79.9. The summed E-state index contributed by atoms with van der Waals surface area (Å²) in [5, 5.41) is 1.07. The van der Waals surface area contributed by atoms with E-state index in [1.54, 1.807) is 0 Å². The van der Waals surface area contributed by atoms with Crippen molar-refractivity contribution in [2.75, 3.05) is 32.7 Å². The van der Waals surface area contributed by atoms with Gasteiger partial charge in [0.25, 0.3) is 5.91 Å². The van der Waals surface area contributed by atoms with E-state index in [1.165, 1.54) is 0 Å². The average Bonchev–Trinajstić information content (AvgIpc) is 2.89. The molecule has 1 N–H and O–H groups in total. The zero-order valence-corrected chi connectivity index (χ0v) is 13.1. The van der Waals surface area contributed by atoms with Crippen molar-refractivity contribution in [3.05, 3.63) is 34.4 Å². The smallest absolute Gasteiger partial charge is 0.270 e. The zero-order chi connectivity index (χ0) is 14.1. The number of halogens is 1. The third-order valence-electron chi connectivity index (χ3n) is 3.92. The van der Waals surface area contributed by atoms with Gasteiger partial charge in [-0.05, 0) is 24.7 Å². The van der Waals surface area contributed by atoms with Crippen molar-refractivity contribution in [1.29, 1.82) is 0 Å². The molecule has 1 saturated heterocycles. The Kier molecular flexibility index (Phi) is 3.81. The maximum absolute atomic E-state index is 12.5. The molecule has 2 aromatic rings. The lowest BCUT2D eigenvalue weighted by atomic mass is 10.2. The van der Waals surface area contributed by atoms with Crippen molar-refractivity contribution in [3.63, 3.8) is 0 Å². The van der Waals surface area contributed by atoms with Crippen molar-refractivity contribution < 1.29 is 4.79 Å². The summed E-state index contributed by atoms with van der Waals surface area (Å²) in [6.45, 7) is 6.77. The predicted molar refractivity (Wildman–Crippen MR) is 84.0 cm³/mol. The number of hydrogen-bond acceptors (Lipinski definition) is 2. The fourth-order valence-corrected chi connectivity index (χ4v) is 3.01. The summed E-state index contributed by atoms with van der Waals surface area (Å²) < 4.78 is 1.02. The van der Waals surface area contributed by atoms with E-state index in [2.05, 4.69) is 32.7 Å². The van der Waals surface area contributed by atoms with Crippen molar-refractivity contribution in [2.45, 2.75) is 6.92 Å². The largest absolute Gasteiger partial charge is 0.350 e. The van der Waals surface area contributed by atoms with E-state index in [9.17, 15) is 4.79 Å². The minimum absolute atomic E-state index is 0.105. The molecule has 1 fully saturated rings. The number of amides is 1. The van der Waals surface area contributed by atoms with Crippen LogP contribution in [0.1, 0.15) is 17.4 Å². The molecule has 1 aliphatic rings. The van der Waals surface area contributed by atoms with Crippen molar-refractivity contribution in [1.82, 2.24) is 14.8 Å². The number of rotatable bonds is 2. The second-order valence-electron chi connectivity index (χ2n) is 5.14. The first-order valence-corrected chi connectivity index (χ1v) is 7.76. The molecule has 0 aliphatic carbocycles. The molecule has 1 amide bonds. The standard InChI is InChI=1S/C15H18BrN3O/c1-2-18-5-7-19(8-6-18)15(20)14-9-11-3-4-12(16)10-13(11)17-14/h3-4,9-10,17H,2,5-8H2,1H3. The van der Waals surface area contributed by atoms with Crippen LogP contribution in [-0.2, 0) is 0 Å². The molecular formula is C15H18BrN3O. The van der Waals surface area contributed by atoms with E-state index in [0.717, 1.165) is 48.1 Å². The van der Waals surface area contributed by atoms with Gasteiger partial charge in [0.05, 0.1) is 0 Å². The Morgan fingerprint density at radius 1 is 1.25 bits per heavy atom. The summed E-state index contributed by atoms with van der Waals surface area (Å²) in [7, 11) is 0. The molecular weight excluding hydrogens is 318 g/mol. The van der Waals surface area contributed by atoms with Crippen molar-refractivity contribution in [2.24, 2.45) is 0 Å². The van der Waals surface area contributed by atoms with Gasteiger partial charge in [-0.3, -0.25) is 4.79 Å². The molecule has 2 heterocycles. The molecule has 0 unspecified atom stereocenters. The van der Waals surface area contributed by atoms with E-state index in [0.29, 0.717) is 5.69 Å². The monoisotopic (exact) mass is 335 g/mol. The number of likely N-dealkylation sites (N-methyl/N-ethyl adjacent to an activating group) is 1. The maximum atomic E-state index is 12.5. The highest BCUT2D eigenvalue weighted by Gasteiger charge is 2.22. The molecule has 20 heavy (non-hydrogen) atoms. The van der Waals surface area contributed by atoms with E-state index in [1.807, 2.05) is 29.2 Å². The van der Waals surface area contributed by atoms with E-state index >= 15 is 0 Å². The Hall–Kier alpha value is -1.33. The molecule has 1 aromatic heterocycles. The van der Waals surface area contributed by atoms with E-state index < -0.39 is 0 Å². The first kappa shape index (κ1) is 13.6. The van der Waals surface area contributed by atoms with Crippen molar-refractivity contribution in [3.8, 4) is 0 Å². The van der Waals surface area contributed by atoms with Gasteiger partial charge in [-0.15, -0.1) is 0 Å². The van der Waals surface area contributed by atoms with Crippen LogP contribution in [0.5, 0.6) is 0 Å². The predicted octanol–water partition coefficient (Wildman–Crippen LogP) is 2.71. The Balaban J connectivity index is 1.79. The summed E-state index contributed by atoms with van der Waals surface area (Å²) in [5.41, 5.74) is 1.68. The minimum Gasteiger partial charge on any atom is -0.350 e. The Labute approximate surface area is 126 Å². The van der Waals surface area contributed by atoms with Crippen LogP contribution >= 0.6 is 15.9 Å². The number of carbonyl (C=O) groups excluding carboxylic acids is 1. The van der Waals surface area contributed by atoms with Crippen LogP contribution in [0, 0.1) is 0 Å². The van der Waals surface area contributed by atoms with Gasteiger partial charge in [0.15, 0.2) is 0 Å². The van der Waals surface area contributed by atoms with Crippen LogP contribution < -0.4 is 0 Å². The first-order valence-electron chi connectivity index (χ1n) is 6.97. The lowest BCUT2D eigenvalue weighted by Crippen LogP contribution is -2.48. The van der Waals surface area contributed by atoms with Gasteiger partial charge in [-0.2, -0.15) is 0 Å². The first-order chi connectivity index (χ1) is 9.67. The summed E-state index contributed by atoms with van der Waals surface area (Å²) in [4.78, 5) is 20.0. The van der Waals surface area contributed by atoms with E-state index in [-0.39, 0.29) is 5.91 Å². The van der Waals surface area contributed by atoms with Crippen LogP contribution in [0.4, 0.5) is 0 Å². The molecule has 3 rings (SSSR count). The topological polar surface area (TPSA) is 39.3 Å². The number of nitrogens with zero attached hydrogens (tertiary/aromatic N) is 2. The molecule has 0 saturated carbocycles. The number of hydrogen-bond donors (Lipinski definition) is 1. The van der Waals surface area contributed by atoms with Gasteiger partial charge < -0.3 is 14.8 Å². The van der Waals surface area contributed by atoms with Gasteiger partial charge in [0.2, 0.25) is 0 Å². The maximum Gasteiger partial charge on any atom is 0.270 e. The number of carbonyl (C=O) groups is 1. The lowest BCUT2D eigenvalue weighted by molar-refractivity contribution is 0.0638. The normalized spacial score (nSPS) is 16.8. The van der Waals surface area contributed by atoms with Crippen LogP contribution in [-0.4, -0.2) is 53.4 Å². The molecule has 0 radical (unpaired) electrons. The zero-order valence-electron chi connectivity index (χ0n) is 11.5. The number of fused-ring (bicyclic) bond motifs is 1. The SMILES string of the molecule is CCN1CCN(C(=O)c2cc3ccc(Br)cc3[nH]2)CC1. The molecule has 0 bridgehead atoms. The molecule has 0 atom stereocenters. The highest BCUT2D eigenvalue weighted by Crippen LogP contribution is 2.21. The van der Waals surface area contributed by atoms with Gasteiger partial charge in [0.1, 0.15) is 5.69 Å². The second-order valence-corrected chi connectivity index (χ2v) is 6.06. The molecule has 1 aliphatic heterocycles. The Bertz CT molecular complexity index is 629. The van der Waals surface area contributed by atoms with Gasteiger partial charge in [0, 0.05) is 41.6 Å². The minimum atomic E-state index is 0.105. The number of benzene rings is 1. The van der Waals surface area contributed by atoms with Crippen LogP contribution in [0.25, 0.3) is 10.9 Å². The molecule has 106 valence electrons. The second kappa shape index (κ2) is 5.58. The van der Waals surface area contributed by atoms with Crippen LogP contribution in [0.2, 0.25) is 0 Å². The van der Waals surface area contributed by atoms with Gasteiger partial charge in [-0.1, -0.05) is 28.9 Å². The quantitative estimate of drug-likeness (QED) is 0.916. The highest BCUT2D eigenvalue weighted by molar-refractivity contribution is 9.10. The third-order valence-corrected chi connectivity index (χ3v) is 4.41. The summed E-state index contributed by atoms with van der Waals surface area (Å²) in [6, 6.07) is 7.95. The van der Waals surface area contributed by atoms with Gasteiger partial charge >= 0.3 is 0 Å². The average molecular weight is 336 g/mol. The van der Waals surface area contributed by atoms with Crippen molar-refractivity contribution >= 4 is 32.7 Å². The number of aromatic nitrogens is 1. The number of nitrogens with one attached hydrogen (secondary N) is 1. The van der Waals surface area contributed by atoms with E-state index in [4.69, 9.17) is 0 Å². The summed E-state index contributed by atoms with van der Waals surface area (Å²) in [5.74, 6) is 0.105.